The van der Waals surface area contributed by atoms with Crippen LogP contribution in [0.2, 0.25) is 0 Å². The predicted molar refractivity (Wildman–Crippen MR) is 98.1 cm³/mol. The molecule has 0 bridgehead atoms. The molecule has 0 saturated heterocycles. The first-order chi connectivity index (χ1) is 10.8. The average Bonchev–Trinajstić information content (AvgIpc) is 2.47. The molecule has 3 nitrogen and oxygen atoms in total. The summed E-state index contributed by atoms with van der Waals surface area (Å²) in [5.41, 5.74) is 3.00. The number of amides is 1. The van der Waals surface area contributed by atoms with Gasteiger partial charge in [-0.1, -0.05) is 54.4 Å². The fraction of sp³-hybridized carbons (Fsp3) is 0.316. The summed E-state index contributed by atoms with van der Waals surface area (Å²) in [5.74, 6) is 0.585. The minimum atomic E-state index is -0.173. The molecule has 4 heteroatoms. The van der Waals surface area contributed by atoms with E-state index >= 15 is 0 Å². The molecule has 23 heavy (non-hydrogen) atoms. The van der Waals surface area contributed by atoms with Crippen molar-refractivity contribution >= 4 is 27.5 Å². The number of carbonyl (C=O) groups excluding carboxylic acids is 1. The van der Waals surface area contributed by atoms with E-state index in [-0.39, 0.29) is 17.9 Å². The highest BCUT2D eigenvalue weighted by Crippen LogP contribution is 2.32. The number of anilines is 1. The number of hydrogen-bond donors (Lipinski definition) is 1. The van der Waals surface area contributed by atoms with Crippen molar-refractivity contribution in [2.24, 2.45) is 0 Å². The van der Waals surface area contributed by atoms with Crippen LogP contribution < -0.4 is 10.1 Å². The number of nitrogens with one attached hydrogen (secondary N) is 1. The fourth-order valence-corrected chi connectivity index (χ4v) is 2.49. The van der Waals surface area contributed by atoms with Gasteiger partial charge in [-0.05, 0) is 48.2 Å². The first-order valence-corrected chi connectivity index (χ1v) is 8.34. The van der Waals surface area contributed by atoms with Crippen molar-refractivity contribution in [3.8, 4) is 5.75 Å². The van der Waals surface area contributed by atoms with Gasteiger partial charge in [0.15, 0.2) is 6.61 Å². The molecule has 1 amide bonds. The van der Waals surface area contributed by atoms with Crippen molar-refractivity contribution in [2.45, 2.75) is 33.1 Å². The van der Waals surface area contributed by atoms with Crippen LogP contribution in [0.5, 0.6) is 5.75 Å². The van der Waals surface area contributed by atoms with Crippen LogP contribution in [0.15, 0.2) is 46.9 Å². The van der Waals surface area contributed by atoms with Gasteiger partial charge < -0.3 is 10.1 Å². The lowest BCUT2D eigenvalue weighted by Crippen LogP contribution is -2.22. The lowest BCUT2D eigenvalue weighted by atomic mass is 9.85. The average molecular weight is 376 g/mol. The molecule has 0 atom stereocenters. The molecule has 2 rings (SSSR count). The summed E-state index contributed by atoms with van der Waals surface area (Å²) in [6.45, 7) is 8.45. The van der Waals surface area contributed by atoms with Gasteiger partial charge in [0.1, 0.15) is 5.75 Å². The number of rotatable bonds is 4. The van der Waals surface area contributed by atoms with Crippen LogP contribution in [-0.4, -0.2) is 12.5 Å². The summed E-state index contributed by atoms with van der Waals surface area (Å²) in [6, 6.07) is 13.5. The van der Waals surface area contributed by atoms with E-state index in [0.717, 1.165) is 21.5 Å². The van der Waals surface area contributed by atoms with Crippen molar-refractivity contribution < 1.29 is 9.53 Å². The summed E-state index contributed by atoms with van der Waals surface area (Å²) in [4.78, 5) is 12.1. The number of carbonyl (C=O) groups is 1. The van der Waals surface area contributed by atoms with Gasteiger partial charge in [0.25, 0.3) is 5.91 Å². The molecular weight excluding hydrogens is 354 g/mol. The predicted octanol–water partition coefficient (Wildman–Crippen LogP) is 5.07. The topological polar surface area (TPSA) is 38.3 Å². The van der Waals surface area contributed by atoms with Crippen LogP contribution in [0.4, 0.5) is 5.69 Å². The summed E-state index contributed by atoms with van der Waals surface area (Å²) in [6.07, 6.45) is 0. The molecule has 1 N–H and O–H groups in total. The molecule has 0 aliphatic carbocycles. The lowest BCUT2D eigenvalue weighted by Gasteiger charge is -2.23. The van der Waals surface area contributed by atoms with Gasteiger partial charge in [-0.25, -0.2) is 0 Å². The van der Waals surface area contributed by atoms with Crippen LogP contribution in [0.25, 0.3) is 0 Å². The summed E-state index contributed by atoms with van der Waals surface area (Å²) in [7, 11) is 0. The highest BCUT2D eigenvalue weighted by atomic mass is 79.9. The maximum atomic E-state index is 12.1. The zero-order valence-corrected chi connectivity index (χ0v) is 15.5. The molecular formula is C19H22BrNO2. The van der Waals surface area contributed by atoms with Crippen molar-refractivity contribution in [3.05, 3.63) is 58.1 Å². The number of benzene rings is 2. The molecule has 0 aromatic heterocycles. The quantitative estimate of drug-likeness (QED) is 0.809. The Bertz CT molecular complexity index is 688. The number of hydrogen-bond acceptors (Lipinski definition) is 2. The Labute approximate surface area is 146 Å². The molecule has 0 aliphatic rings. The van der Waals surface area contributed by atoms with E-state index in [1.807, 2.05) is 36.4 Å². The number of ether oxygens (including phenoxy) is 1. The van der Waals surface area contributed by atoms with Gasteiger partial charge in [-0.3, -0.25) is 4.79 Å². The normalized spacial score (nSPS) is 11.2. The van der Waals surface area contributed by atoms with E-state index < -0.39 is 0 Å². The smallest absolute Gasteiger partial charge is 0.262 e. The minimum absolute atomic E-state index is 0.0117. The van der Waals surface area contributed by atoms with Gasteiger partial charge >= 0.3 is 0 Å². The molecule has 0 unspecified atom stereocenters. The van der Waals surface area contributed by atoms with Crippen molar-refractivity contribution in [3.63, 3.8) is 0 Å². The SMILES string of the molecule is Cc1ccc(OCC(=O)Nc2ccc(Br)cc2)c(C(C)(C)C)c1. The Morgan fingerprint density at radius 1 is 1.13 bits per heavy atom. The van der Waals surface area contributed by atoms with Crippen molar-refractivity contribution in [1.82, 2.24) is 0 Å². The zero-order valence-electron chi connectivity index (χ0n) is 13.9. The van der Waals surface area contributed by atoms with E-state index in [9.17, 15) is 4.79 Å². The Morgan fingerprint density at radius 2 is 1.78 bits per heavy atom. The van der Waals surface area contributed by atoms with Gasteiger partial charge in [0, 0.05) is 10.2 Å². The second-order valence-corrected chi connectivity index (χ2v) is 7.51. The third-order valence-electron chi connectivity index (χ3n) is 3.43. The standard InChI is InChI=1S/C19H22BrNO2/c1-13-5-10-17(16(11-13)19(2,3)4)23-12-18(22)21-15-8-6-14(20)7-9-15/h5-11H,12H2,1-4H3,(H,21,22). The largest absolute Gasteiger partial charge is 0.483 e. The van der Waals surface area contributed by atoms with Crippen LogP contribution in [0.1, 0.15) is 31.9 Å². The third kappa shape index (κ3) is 5.10. The Balaban J connectivity index is 2.03. The van der Waals surface area contributed by atoms with Crippen molar-refractivity contribution in [1.29, 1.82) is 0 Å². The third-order valence-corrected chi connectivity index (χ3v) is 3.96. The number of halogens is 1. The van der Waals surface area contributed by atoms with Crippen LogP contribution in [0, 0.1) is 6.92 Å². The van der Waals surface area contributed by atoms with E-state index in [1.54, 1.807) is 0 Å². The van der Waals surface area contributed by atoms with Gasteiger partial charge in [0.2, 0.25) is 0 Å². The first-order valence-electron chi connectivity index (χ1n) is 7.55. The molecule has 0 saturated carbocycles. The lowest BCUT2D eigenvalue weighted by molar-refractivity contribution is -0.118. The highest BCUT2D eigenvalue weighted by Gasteiger charge is 2.19. The molecule has 2 aromatic carbocycles. The van der Waals surface area contributed by atoms with Crippen LogP contribution in [-0.2, 0) is 10.2 Å². The van der Waals surface area contributed by atoms with Crippen LogP contribution >= 0.6 is 15.9 Å². The van der Waals surface area contributed by atoms with Crippen molar-refractivity contribution in [2.75, 3.05) is 11.9 Å². The second-order valence-electron chi connectivity index (χ2n) is 6.59. The summed E-state index contributed by atoms with van der Waals surface area (Å²) >= 11 is 3.37. The summed E-state index contributed by atoms with van der Waals surface area (Å²) < 4.78 is 6.73. The first kappa shape index (κ1) is 17.5. The van der Waals surface area contributed by atoms with Gasteiger partial charge in [-0.2, -0.15) is 0 Å². The highest BCUT2D eigenvalue weighted by molar-refractivity contribution is 9.10. The molecule has 0 spiro atoms. The zero-order chi connectivity index (χ0) is 17.0. The van der Waals surface area contributed by atoms with E-state index in [4.69, 9.17) is 4.74 Å². The monoisotopic (exact) mass is 375 g/mol. The minimum Gasteiger partial charge on any atom is -0.483 e. The van der Waals surface area contributed by atoms with E-state index in [1.165, 1.54) is 5.56 Å². The summed E-state index contributed by atoms with van der Waals surface area (Å²) in [5, 5.41) is 2.82. The Kier molecular flexibility index (Phi) is 5.47. The molecule has 122 valence electrons. The number of aryl methyl sites for hydroxylation is 1. The van der Waals surface area contributed by atoms with Gasteiger partial charge in [0.05, 0.1) is 0 Å². The molecule has 0 fully saturated rings. The maximum Gasteiger partial charge on any atom is 0.262 e. The second kappa shape index (κ2) is 7.18. The molecule has 0 aliphatic heterocycles. The molecule has 2 aromatic rings. The van der Waals surface area contributed by atoms with E-state index in [0.29, 0.717) is 0 Å². The Morgan fingerprint density at radius 3 is 2.39 bits per heavy atom. The fourth-order valence-electron chi connectivity index (χ4n) is 2.23. The molecule has 0 radical (unpaired) electrons. The van der Waals surface area contributed by atoms with Crippen LogP contribution in [0.3, 0.4) is 0 Å². The maximum absolute atomic E-state index is 12.1. The Hall–Kier alpha value is -1.81. The van der Waals surface area contributed by atoms with E-state index in [2.05, 4.69) is 55.0 Å². The molecule has 0 heterocycles. The van der Waals surface area contributed by atoms with Gasteiger partial charge in [-0.15, -0.1) is 0 Å².